The summed E-state index contributed by atoms with van der Waals surface area (Å²) in [6.07, 6.45) is 0. The van der Waals surface area contributed by atoms with Gasteiger partial charge in [-0.25, -0.2) is 4.99 Å². The van der Waals surface area contributed by atoms with Crippen LogP contribution in [0.3, 0.4) is 0 Å². The smallest absolute Gasteiger partial charge is 0.103 e. The molecule has 3 rings (SSSR count). The summed E-state index contributed by atoms with van der Waals surface area (Å²) in [6, 6.07) is 22.7. The molecule has 0 aliphatic heterocycles. The molecule has 0 bridgehead atoms. The molecule has 0 saturated heterocycles. The molecule has 0 radical (unpaired) electrons. The molecule has 0 spiro atoms. The molecule has 0 N–H and O–H groups in total. The molecule has 0 aliphatic carbocycles. The van der Waals surface area contributed by atoms with Crippen molar-refractivity contribution in [2.75, 3.05) is 0 Å². The lowest BCUT2D eigenvalue weighted by Gasteiger charge is -2.10. The minimum Gasteiger partial charge on any atom is -0.240 e. The number of halogens is 1. The highest BCUT2D eigenvalue weighted by molar-refractivity contribution is 6.65. The van der Waals surface area contributed by atoms with E-state index in [2.05, 4.69) is 41.4 Å². The van der Waals surface area contributed by atoms with Gasteiger partial charge >= 0.3 is 0 Å². The molecule has 1 nitrogen and oxygen atoms in total. The average Bonchev–Trinajstić information content (AvgIpc) is 2.48. The van der Waals surface area contributed by atoms with E-state index in [1.807, 2.05) is 30.3 Å². The summed E-state index contributed by atoms with van der Waals surface area (Å²) in [5.41, 5.74) is 3.18. The Morgan fingerprint density at radius 2 is 1.55 bits per heavy atom. The largest absolute Gasteiger partial charge is 0.240 e. The number of aliphatic imine (C=N–C) groups is 1. The second kappa shape index (κ2) is 5.48. The van der Waals surface area contributed by atoms with Crippen LogP contribution in [0.4, 0.5) is 5.69 Å². The Morgan fingerprint density at radius 3 is 2.30 bits per heavy atom. The third kappa shape index (κ3) is 2.45. The molecular formula is C18H14ClN. The summed E-state index contributed by atoms with van der Waals surface area (Å²) in [4.78, 5) is 4.55. The van der Waals surface area contributed by atoms with E-state index in [0.29, 0.717) is 5.17 Å². The summed E-state index contributed by atoms with van der Waals surface area (Å²) in [5.74, 6) is 0. The van der Waals surface area contributed by atoms with Crippen molar-refractivity contribution in [1.29, 1.82) is 0 Å². The standard InChI is InChI=1S/C18H14ClN/c1-13(19)20-18-16-10-6-5-9-15(16)11-12-17(18)14-7-3-2-4-8-14/h2-12H,1H3/b20-13+. The van der Waals surface area contributed by atoms with Crippen molar-refractivity contribution in [2.24, 2.45) is 4.99 Å². The number of hydrogen-bond acceptors (Lipinski definition) is 1. The summed E-state index contributed by atoms with van der Waals surface area (Å²) in [6.45, 7) is 1.80. The van der Waals surface area contributed by atoms with E-state index in [4.69, 9.17) is 11.6 Å². The van der Waals surface area contributed by atoms with E-state index in [1.54, 1.807) is 6.92 Å². The Balaban J connectivity index is 2.35. The topological polar surface area (TPSA) is 12.4 Å². The van der Waals surface area contributed by atoms with Gasteiger partial charge in [0.2, 0.25) is 0 Å². The predicted octanol–water partition coefficient (Wildman–Crippen LogP) is 5.80. The first-order chi connectivity index (χ1) is 9.75. The van der Waals surface area contributed by atoms with Gasteiger partial charge in [0.1, 0.15) is 5.17 Å². The Hall–Kier alpha value is -2.12. The van der Waals surface area contributed by atoms with E-state index < -0.39 is 0 Å². The molecule has 3 aromatic rings. The van der Waals surface area contributed by atoms with E-state index in [1.165, 1.54) is 5.39 Å². The van der Waals surface area contributed by atoms with Crippen LogP contribution in [0, 0.1) is 0 Å². The van der Waals surface area contributed by atoms with Gasteiger partial charge in [0.25, 0.3) is 0 Å². The van der Waals surface area contributed by atoms with Crippen molar-refractivity contribution < 1.29 is 0 Å². The lowest BCUT2D eigenvalue weighted by Crippen LogP contribution is -1.84. The predicted molar refractivity (Wildman–Crippen MR) is 88.0 cm³/mol. The van der Waals surface area contributed by atoms with Crippen LogP contribution in [0.2, 0.25) is 0 Å². The first-order valence-corrected chi connectivity index (χ1v) is 6.91. The SMILES string of the molecule is C/C(Cl)=N\c1c(-c2ccccc2)ccc2ccccc12. The van der Waals surface area contributed by atoms with Crippen LogP contribution in [-0.2, 0) is 0 Å². The third-order valence-electron chi connectivity index (χ3n) is 3.25. The number of hydrogen-bond donors (Lipinski definition) is 0. The zero-order chi connectivity index (χ0) is 13.9. The summed E-state index contributed by atoms with van der Waals surface area (Å²) < 4.78 is 0. The van der Waals surface area contributed by atoms with Crippen molar-refractivity contribution in [3.8, 4) is 11.1 Å². The van der Waals surface area contributed by atoms with Crippen molar-refractivity contribution in [3.05, 3.63) is 66.7 Å². The molecule has 0 unspecified atom stereocenters. The molecule has 2 heteroatoms. The molecule has 0 amide bonds. The first-order valence-electron chi connectivity index (χ1n) is 6.53. The molecule has 0 saturated carbocycles. The monoisotopic (exact) mass is 279 g/mol. The number of benzene rings is 3. The van der Waals surface area contributed by atoms with Crippen molar-refractivity contribution in [1.82, 2.24) is 0 Å². The molecule has 0 aliphatic rings. The number of rotatable bonds is 2. The number of nitrogens with zero attached hydrogens (tertiary/aromatic N) is 1. The maximum absolute atomic E-state index is 6.02. The third-order valence-corrected chi connectivity index (χ3v) is 3.34. The normalized spacial score (nSPS) is 11.8. The Morgan fingerprint density at radius 1 is 0.850 bits per heavy atom. The van der Waals surface area contributed by atoms with Gasteiger partial charge in [0, 0.05) is 10.9 Å². The Kier molecular flexibility index (Phi) is 3.53. The van der Waals surface area contributed by atoms with Gasteiger partial charge in [-0.3, -0.25) is 0 Å². The maximum atomic E-state index is 6.02. The molecule has 0 fully saturated rings. The Labute approximate surface area is 123 Å². The Bertz CT molecular complexity index is 772. The first kappa shape index (κ1) is 12.9. The molecular weight excluding hydrogens is 266 g/mol. The van der Waals surface area contributed by atoms with Crippen LogP contribution in [0.15, 0.2) is 71.7 Å². The van der Waals surface area contributed by atoms with Gasteiger partial charge in [-0.1, -0.05) is 78.3 Å². The van der Waals surface area contributed by atoms with E-state index in [0.717, 1.165) is 22.2 Å². The van der Waals surface area contributed by atoms with Crippen LogP contribution in [-0.4, -0.2) is 5.17 Å². The van der Waals surface area contributed by atoms with Gasteiger partial charge in [-0.05, 0) is 17.9 Å². The fourth-order valence-corrected chi connectivity index (χ4v) is 2.46. The molecule has 0 atom stereocenters. The minimum atomic E-state index is 0.540. The fraction of sp³-hybridized carbons (Fsp3) is 0.0556. The summed E-state index contributed by atoms with van der Waals surface area (Å²) >= 11 is 6.02. The highest BCUT2D eigenvalue weighted by Gasteiger charge is 2.08. The van der Waals surface area contributed by atoms with Crippen LogP contribution >= 0.6 is 11.6 Å². The van der Waals surface area contributed by atoms with Gasteiger partial charge in [0.15, 0.2) is 0 Å². The second-order valence-corrected chi connectivity index (χ2v) is 5.20. The van der Waals surface area contributed by atoms with Crippen LogP contribution in [0.5, 0.6) is 0 Å². The van der Waals surface area contributed by atoms with Gasteiger partial charge < -0.3 is 0 Å². The average molecular weight is 280 g/mol. The number of fused-ring (bicyclic) bond motifs is 1. The zero-order valence-corrected chi connectivity index (χ0v) is 11.9. The quantitative estimate of drug-likeness (QED) is 0.526. The summed E-state index contributed by atoms with van der Waals surface area (Å²) in [7, 11) is 0. The van der Waals surface area contributed by atoms with Gasteiger partial charge in [-0.15, -0.1) is 0 Å². The molecule has 98 valence electrons. The maximum Gasteiger partial charge on any atom is 0.103 e. The van der Waals surface area contributed by atoms with Gasteiger partial charge in [-0.2, -0.15) is 0 Å². The van der Waals surface area contributed by atoms with Crippen molar-refractivity contribution in [2.45, 2.75) is 6.92 Å². The zero-order valence-electron chi connectivity index (χ0n) is 11.2. The van der Waals surface area contributed by atoms with Crippen LogP contribution < -0.4 is 0 Å². The van der Waals surface area contributed by atoms with Gasteiger partial charge in [0.05, 0.1) is 5.69 Å². The lowest BCUT2D eigenvalue weighted by atomic mass is 9.98. The van der Waals surface area contributed by atoms with Crippen molar-refractivity contribution >= 4 is 33.2 Å². The van der Waals surface area contributed by atoms with E-state index in [-0.39, 0.29) is 0 Å². The highest BCUT2D eigenvalue weighted by Crippen LogP contribution is 2.37. The van der Waals surface area contributed by atoms with E-state index in [9.17, 15) is 0 Å². The summed E-state index contributed by atoms with van der Waals surface area (Å²) in [5, 5.41) is 2.83. The van der Waals surface area contributed by atoms with Crippen LogP contribution in [0.1, 0.15) is 6.92 Å². The van der Waals surface area contributed by atoms with Crippen LogP contribution in [0.25, 0.3) is 21.9 Å². The molecule has 3 aromatic carbocycles. The minimum absolute atomic E-state index is 0.540. The fourth-order valence-electron chi connectivity index (χ4n) is 2.38. The lowest BCUT2D eigenvalue weighted by molar-refractivity contribution is 1.54. The van der Waals surface area contributed by atoms with Crippen molar-refractivity contribution in [3.63, 3.8) is 0 Å². The molecule has 0 aromatic heterocycles. The second-order valence-electron chi connectivity index (χ2n) is 4.66. The molecule has 20 heavy (non-hydrogen) atoms. The highest BCUT2D eigenvalue weighted by atomic mass is 35.5. The van der Waals surface area contributed by atoms with E-state index >= 15 is 0 Å². The molecule has 0 heterocycles.